The van der Waals surface area contributed by atoms with Crippen LogP contribution in [0.5, 0.6) is 0 Å². The number of rotatable bonds is 4. The highest BCUT2D eigenvalue weighted by Gasteiger charge is 2.26. The van der Waals surface area contributed by atoms with E-state index in [1.165, 1.54) is 5.56 Å². The van der Waals surface area contributed by atoms with Crippen LogP contribution < -0.4 is 10.6 Å². The molecule has 0 saturated heterocycles. The summed E-state index contributed by atoms with van der Waals surface area (Å²) in [5.41, 5.74) is 4.49. The lowest BCUT2D eigenvalue weighted by molar-refractivity contribution is 0.102. The Kier molecular flexibility index (Phi) is 5.62. The van der Waals surface area contributed by atoms with Gasteiger partial charge in [0.05, 0.1) is 0 Å². The zero-order valence-electron chi connectivity index (χ0n) is 17.6. The minimum absolute atomic E-state index is 0.199. The summed E-state index contributed by atoms with van der Waals surface area (Å²) in [5, 5.41) is 11.8. The van der Waals surface area contributed by atoms with E-state index in [1.54, 1.807) is 28.9 Å². The lowest BCUT2D eigenvalue weighted by atomic mass is 10.0. The highest BCUT2D eigenvalue weighted by atomic mass is 35.5. The smallest absolute Gasteiger partial charge is 0.258 e. The maximum atomic E-state index is 12.7. The summed E-state index contributed by atoms with van der Waals surface area (Å²) < 4.78 is 1.76. The van der Waals surface area contributed by atoms with Gasteiger partial charge in [0.25, 0.3) is 11.9 Å². The first-order chi connectivity index (χ1) is 16.0. The summed E-state index contributed by atoms with van der Waals surface area (Å²) in [7, 11) is 0. The van der Waals surface area contributed by atoms with E-state index in [2.05, 4.69) is 51.1 Å². The van der Waals surface area contributed by atoms with Crippen molar-refractivity contribution in [3.05, 3.63) is 111 Å². The van der Waals surface area contributed by atoms with Crippen LogP contribution in [0.25, 0.3) is 5.70 Å². The van der Waals surface area contributed by atoms with Crippen molar-refractivity contribution in [3.63, 3.8) is 0 Å². The second-order valence-electron chi connectivity index (χ2n) is 7.74. The molecule has 0 saturated carbocycles. The molecule has 0 spiro atoms. The lowest BCUT2D eigenvalue weighted by Gasteiger charge is -2.24. The van der Waals surface area contributed by atoms with Crippen LogP contribution in [0.4, 0.5) is 11.9 Å². The number of benzene rings is 3. The van der Waals surface area contributed by atoms with E-state index in [4.69, 9.17) is 23.2 Å². The van der Waals surface area contributed by atoms with E-state index in [0.717, 1.165) is 16.8 Å². The fourth-order valence-electron chi connectivity index (χ4n) is 3.65. The van der Waals surface area contributed by atoms with Crippen LogP contribution in [-0.2, 0) is 0 Å². The standard InChI is InChI=1S/C25H19Cl2N5O/c1-15-5-7-17(8-6-15)22-14-21(16-9-11-19(26)12-10-16)28-25-30-24(31-32(22)25)29-23(33)18-3-2-4-20(27)13-18/h2-14,22H,1H3,(H2,28,29,30,31,33)/t22-/m0/s1. The molecule has 4 aromatic rings. The number of amides is 1. The first-order valence-corrected chi connectivity index (χ1v) is 11.1. The Morgan fingerprint density at radius 3 is 2.48 bits per heavy atom. The predicted molar refractivity (Wildman–Crippen MR) is 132 cm³/mol. The van der Waals surface area contributed by atoms with E-state index in [0.29, 0.717) is 21.6 Å². The third kappa shape index (κ3) is 4.49. The normalized spacial score (nSPS) is 14.8. The number of nitrogens with one attached hydrogen (secondary N) is 2. The molecule has 5 rings (SSSR count). The van der Waals surface area contributed by atoms with Gasteiger partial charge in [-0.05, 0) is 54.5 Å². The highest BCUT2D eigenvalue weighted by Crippen LogP contribution is 2.33. The van der Waals surface area contributed by atoms with Crippen LogP contribution in [0.1, 0.15) is 33.1 Å². The van der Waals surface area contributed by atoms with Gasteiger partial charge >= 0.3 is 0 Å². The summed E-state index contributed by atoms with van der Waals surface area (Å²) >= 11 is 12.1. The molecule has 1 amide bonds. The fraction of sp³-hybridized carbons (Fsp3) is 0.0800. The largest absolute Gasteiger partial charge is 0.324 e. The molecule has 2 N–H and O–H groups in total. The second-order valence-corrected chi connectivity index (χ2v) is 8.61. The Balaban J connectivity index is 1.51. The van der Waals surface area contributed by atoms with Crippen molar-refractivity contribution in [1.29, 1.82) is 0 Å². The van der Waals surface area contributed by atoms with Crippen LogP contribution in [0.2, 0.25) is 10.0 Å². The number of anilines is 2. The Labute approximate surface area is 200 Å². The van der Waals surface area contributed by atoms with Crippen molar-refractivity contribution in [1.82, 2.24) is 14.8 Å². The minimum Gasteiger partial charge on any atom is -0.324 e. The maximum absolute atomic E-state index is 12.7. The number of aromatic nitrogens is 3. The molecule has 0 radical (unpaired) electrons. The molecule has 3 aromatic carbocycles. The number of aryl methyl sites for hydroxylation is 1. The van der Waals surface area contributed by atoms with Gasteiger partial charge in [-0.2, -0.15) is 4.98 Å². The number of nitrogens with zero attached hydrogens (tertiary/aromatic N) is 3. The van der Waals surface area contributed by atoms with Gasteiger partial charge in [-0.15, -0.1) is 5.10 Å². The van der Waals surface area contributed by atoms with Gasteiger partial charge in [0, 0.05) is 21.3 Å². The fourth-order valence-corrected chi connectivity index (χ4v) is 3.96. The minimum atomic E-state index is -0.335. The average Bonchev–Trinajstić information content (AvgIpc) is 3.22. The topological polar surface area (TPSA) is 71.8 Å². The SMILES string of the molecule is Cc1ccc([C@@H]2C=C(c3ccc(Cl)cc3)Nc3nc(NC(=O)c4cccc(Cl)c4)nn32)cc1. The van der Waals surface area contributed by atoms with Gasteiger partial charge in [-0.25, -0.2) is 4.68 Å². The van der Waals surface area contributed by atoms with Gasteiger partial charge < -0.3 is 5.32 Å². The van der Waals surface area contributed by atoms with Crippen LogP contribution in [0.15, 0.2) is 78.9 Å². The molecule has 1 atom stereocenters. The molecule has 0 bridgehead atoms. The van der Waals surface area contributed by atoms with Crippen LogP contribution in [0, 0.1) is 6.92 Å². The monoisotopic (exact) mass is 475 g/mol. The van der Waals surface area contributed by atoms with Crippen molar-refractivity contribution in [2.75, 3.05) is 10.6 Å². The average molecular weight is 476 g/mol. The van der Waals surface area contributed by atoms with E-state index in [9.17, 15) is 4.79 Å². The summed E-state index contributed by atoms with van der Waals surface area (Å²) in [6, 6.07) is 22.3. The van der Waals surface area contributed by atoms with E-state index in [-0.39, 0.29) is 17.9 Å². The zero-order chi connectivity index (χ0) is 22.9. The second kappa shape index (κ2) is 8.73. The molecule has 33 heavy (non-hydrogen) atoms. The van der Waals surface area contributed by atoms with Crippen molar-refractivity contribution < 1.29 is 4.79 Å². The Morgan fingerprint density at radius 1 is 1.00 bits per heavy atom. The molecule has 8 heteroatoms. The number of carbonyl (C=O) groups is 1. The quantitative estimate of drug-likeness (QED) is 0.368. The van der Waals surface area contributed by atoms with Crippen molar-refractivity contribution >= 4 is 46.7 Å². The molecule has 0 unspecified atom stereocenters. The highest BCUT2D eigenvalue weighted by molar-refractivity contribution is 6.31. The number of fused-ring (bicyclic) bond motifs is 1. The Bertz CT molecular complexity index is 1360. The molecular formula is C25H19Cl2N5O. The number of halogens is 2. The number of allylic oxidation sites excluding steroid dienone is 1. The van der Waals surface area contributed by atoms with Crippen molar-refractivity contribution in [2.45, 2.75) is 13.0 Å². The molecule has 1 aromatic heterocycles. The van der Waals surface area contributed by atoms with Crippen LogP contribution in [0.3, 0.4) is 0 Å². The molecule has 0 fully saturated rings. The third-order valence-corrected chi connectivity index (χ3v) is 5.84. The Hall–Kier alpha value is -3.61. The van der Waals surface area contributed by atoms with Gasteiger partial charge in [0.1, 0.15) is 6.04 Å². The van der Waals surface area contributed by atoms with Gasteiger partial charge in [0.15, 0.2) is 0 Å². The van der Waals surface area contributed by atoms with Gasteiger partial charge in [-0.1, -0.05) is 71.2 Å². The molecule has 2 heterocycles. The number of hydrogen-bond donors (Lipinski definition) is 2. The maximum Gasteiger partial charge on any atom is 0.258 e. The van der Waals surface area contributed by atoms with Crippen molar-refractivity contribution in [3.8, 4) is 0 Å². The number of carbonyl (C=O) groups excluding carboxylic acids is 1. The zero-order valence-corrected chi connectivity index (χ0v) is 19.1. The van der Waals surface area contributed by atoms with E-state index < -0.39 is 0 Å². The van der Waals surface area contributed by atoms with Crippen molar-refractivity contribution in [2.24, 2.45) is 0 Å². The van der Waals surface area contributed by atoms with Crippen LogP contribution in [-0.4, -0.2) is 20.7 Å². The van der Waals surface area contributed by atoms with E-state index >= 15 is 0 Å². The van der Waals surface area contributed by atoms with Gasteiger partial charge in [0.2, 0.25) is 5.95 Å². The summed E-state index contributed by atoms with van der Waals surface area (Å²) in [6.07, 6.45) is 2.08. The van der Waals surface area contributed by atoms with Crippen LogP contribution >= 0.6 is 23.2 Å². The predicted octanol–water partition coefficient (Wildman–Crippen LogP) is 6.20. The molecule has 0 aliphatic carbocycles. The molecular weight excluding hydrogens is 457 g/mol. The lowest BCUT2D eigenvalue weighted by Crippen LogP contribution is -2.20. The molecule has 1 aliphatic heterocycles. The first kappa shape index (κ1) is 21.2. The molecule has 164 valence electrons. The summed E-state index contributed by atoms with van der Waals surface area (Å²) in [6.45, 7) is 2.05. The molecule has 6 nitrogen and oxygen atoms in total. The summed E-state index contributed by atoms with van der Waals surface area (Å²) in [4.78, 5) is 17.2. The first-order valence-electron chi connectivity index (χ1n) is 10.3. The third-order valence-electron chi connectivity index (χ3n) is 5.35. The van der Waals surface area contributed by atoms with Gasteiger partial charge in [-0.3, -0.25) is 10.1 Å². The molecule has 1 aliphatic rings. The summed E-state index contributed by atoms with van der Waals surface area (Å²) in [5.74, 6) is 0.387. The van der Waals surface area contributed by atoms with E-state index in [1.807, 2.05) is 31.2 Å². The number of hydrogen-bond acceptors (Lipinski definition) is 4. The Morgan fingerprint density at radius 2 is 1.76 bits per heavy atom.